The van der Waals surface area contributed by atoms with Crippen LogP contribution >= 0.6 is 0 Å². The number of hydrogen-bond acceptors (Lipinski definition) is 4. The van der Waals surface area contributed by atoms with Gasteiger partial charge >= 0.3 is 0 Å². The van der Waals surface area contributed by atoms with Crippen LogP contribution in [0, 0.1) is 19.3 Å². The van der Waals surface area contributed by atoms with Gasteiger partial charge in [0, 0.05) is 49.3 Å². The third-order valence-corrected chi connectivity index (χ3v) is 6.57. The van der Waals surface area contributed by atoms with E-state index in [-0.39, 0.29) is 5.41 Å². The van der Waals surface area contributed by atoms with Gasteiger partial charge < -0.3 is 14.8 Å². The van der Waals surface area contributed by atoms with Crippen LogP contribution in [-0.2, 0) is 11.3 Å². The molecular weight excluding hydrogens is 362 g/mol. The second-order valence-corrected chi connectivity index (χ2v) is 8.59. The Morgan fingerprint density at radius 1 is 1.00 bits per heavy atom. The fourth-order valence-electron chi connectivity index (χ4n) is 4.91. The van der Waals surface area contributed by atoms with Crippen LogP contribution in [0.3, 0.4) is 0 Å². The van der Waals surface area contributed by atoms with Crippen LogP contribution in [0.2, 0.25) is 0 Å². The number of nitrogens with one attached hydrogen (secondary N) is 1. The summed E-state index contributed by atoms with van der Waals surface area (Å²) in [5, 5.41) is 1.20. The Bertz CT molecular complexity index is 1040. The summed E-state index contributed by atoms with van der Waals surface area (Å²) in [6.07, 6.45) is 4.68. The minimum absolute atomic E-state index is 0.201. The average molecular weight is 390 g/mol. The molecule has 29 heavy (non-hydrogen) atoms. The van der Waals surface area contributed by atoms with E-state index in [1.807, 2.05) is 26.1 Å². The summed E-state index contributed by atoms with van der Waals surface area (Å²) in [4.78, 5) is 30.0. The Kier molecular flexibility index (Phi) is 4.30. The number of aromatic amines is 1. The normalized spacial score (nSPS) is 18.9. The molecule has 0 aliphatic carbocycles. The molecule has 0 bridgehead atoms. The van der Waals surface area contributed by atoms with E-state index in [9.17, 15) is 4.79 Å². The van der Waals surface area contributed by atoms with Crippen molar-refractivity contribution in [2.24, 2.45) is 5.41 Å². The van der Waals surface area contributed by atoms with Gasteiger partial charge in [-0.3, -0.25) is 4.79 Å². The van der Waals surface area contributed by atoms with Crippen molar-refractivity contribution in [3.63, 3.8) is 0 Å². The number of hydrogen-bond donors (Lipinski definition) is 1. The monoisotopic (exact) mass is 389 g/mol. The summed E-state index contributed by atoms with van der Waals surface area (Å²) >= 11 is 0. The Labute approximate surface area is 171 Å². The molecule has 6 heteroatoms. The lowest BCUT2D eigenvalue weighted by Gasteiger charge is -2.38. The van der Waals surface area contributed by atoms with E-state index < -0.39 is 0 Å². The number of aromatic nitrogens is 3. The molecule has 1 N–H and O–H groups in total. The summed E-state index contributed by atoms with van der Waals surface area (Å²) in [6.45, 7) is 7.25. The van der Waals surface area contributed by atoms with Gasteiger partial charge in [-0.15, -0.1) is 0 Å². The number of nitrogens with zero attached hydrogens (tertiary/aromatic N) is 4. The molecule has 2 fully saturated rings. The number of aryl methyl sites for hydroxylation is 2. The smallest absolute Gasteiger partial charge is 0.229 e. The van der Waals surface area contributed by atoms with Crippen LogP contribution in [0.1, 0.15) is 36.2 Å². The minimum atomic E-state index is -0.201. The Morgan fingerprint density at radius 3 is 2.48 bits per heavy atom. The molecule has 3 aromatic rings. The lowest BCUT2D eigenvalue weighted by Crippen LogP contribution is -2.45. The fourth-order valence-corrected chi connectivity index (χ4v) is 4.91. The van der Waals surface area contributed by atoms with E-state index in [0.29, 0.717) is 12.5 Å². The number of likely N-dealkylation sites (tertiary alicyclic amines) is 1. The van der Waals surface area contributed by atoms with Crippen LogP contribution in [-0.4, -0.2) is 45.4 Å². The second-order valence-electron chi connectivity index (χ2n) is 8.59. The first-order valence-electron chi connectivity index (χ1n) is 10.5. The molecule has 4 heterocycles. The number of rotatable bonds is 3. The van der Waals surface area contributed by atoms with E-state index in [0.717, 1.165) is 61.7 Å². The summed E-state index contributed by atoms with van der Waals surface area (Å²) in [5.41, 5.74) is 4.13. The van der Waals surface area contributed by atoms with Crippen molar-refractivity contribution < 1.29 is 4.79 Å². The van der Waals surface area contributed by atoms with E-state index in [1.54, 1.807) is 0 Å². The predicted octanol–water partition coefficient (Wildman–Crippen LogP) is 3.59. The molecule has 1 spiro atoms. The molecular formula is C23H27N5O. The molecule has 1 amide bonds. The zero-order valence-electron chi connectivity index (χ0n) is 17.1. The number of benzene rings is 1. The molecule has 0 unspecified atom stereocenters. The van der Waals surface area contributed by atoms with Gasteiger partial charge in [-0.1, -0.05) is 6.07 Å². The highest BCUT2D eigenvalue weighted by Crippen LogP contribution is 2.42. The van der Waals surface area contributed by atoms with Crippen molar-refractivity contribution in [3.8, 4) is 0 Å². The minimum Gasteiger partial charge on any atom is -0.361 e. The van der Waals surface area contributed by atoms with Crippen molar-refractivity contribution in [1.82, 2.24) is 19.9 Å². The van der Waals surface area contributed by atoms with Crippen LogP contribution < -0.4 is 4.90 Å². The van der Waals surface area contributed by atoms with Crippen molar-refractivity contribution >= 4 is 22.8 Å². The number of amides is 1. The van der Waals surface area contributed by atoms with E-state index in [1.165, 1.54) is 10.9 Å². The second kappa shape index (κ2) is 6.87. The van der Waals surface area contributed by atoms with Gasteiger partial charge in [0.15, 0.2) is 0 Å². The van der Waals surface area contributed by atoms with Crippen LogP contribution in [0.5, 0.6) is 0 Å². The SMILES string of the molecule is Cc1cc(C)nc(N2CCC3(CCN(Cc4ccc5[nH]ccc5c4)C3=O)CC2)n1. The maximum Gasteiger partial charge on any atom is 0.229 e. The van der Waals surface area contributed by atoms with Gasteiger partial charge in [-0.2, -0.15) is 0 Å². The van der Waals surface area contributed by atoms with Crippen molar-refractivity contribution in [2.45, 2.75) is 39.7 Å². The molecule has 2 aromatic heterocycles. The Hall–Kier alpha value is -2.89. The highest BCUT2D eigenvalue weighted by molar-refractivity contribution is 5.85. The third-order valence-electron chi connectivity index (χ3n) is 6.57. The third kappa shape index (κ3) is 3.26. The van der Waals surface area contributed by atoms with Gasteiger partial charge in [-0.05, 0) is 68.3 Å². The van der Waals surface area contributed by atoms with Crippen LogP contribution in [0.25, 0.3) is 10.9 Å². The number of H-pyrrole nitrogens is 1. The van der Waals surface area contributed by atoms with Gasteiger partial charge in [0.25, 0.3) is 0 Å². The summed E-state index contributed by atoms with van der Waals surface area (Å²) in [5.74, 6) is 1.13. The summed E-state index contributed by atoms with van der Waals surface area (Å²) in [6, 6.07) is 10.5. The topological polar surface area (TPSA) is 65.1 Å². The number of anilines is 1. The first-order valence-corrected chi connectivity index (χ1v) is 10.5. The molecule has 2 aliphatic heterocycles. The number of carbonyl (C=O) groups is 1. The summed E-state index contributed by atoms with van der Waals surface area (Å²) < 4.78 is 0. The molecule has 150 valence electrons. The Balaban J connectivity index is 1.27. The highest BCUT2D eigenvalue weighted by Gasteiger charge is 2.48. The molecule has 2 aliphatic rings. The van der Waals surface area contributed by atoms with E-state index >= 15 is 0 Å². The standard InChI is InChI=1S/C23H27N5O/c1-16-13-17(2)26-22(25-16)27-10-6-23(7-11-27)8-12-28(21(23)29)15-18-3-4-20-19(14-18)5-9-24-20/h3-5,9,13-14,24H,6-8,10-12,15H2,1-2H3. The maximum atomic E-state index is 13.3. The number of carbonyl (C=O) groups excluding carboxylic acids is 1. The first kappa shape index (κ1) is 18.2. The van der Waals surface area contributed by atoms with Gasteiger partial charge in [0.1, 0.15) is 0 Å². The van der Waals surface area contributed by atoms with Crippen molar-refractivity contribution in [2.75, 3.05) is 24.5 Å². The number of fused-ring (bicyclic) bond motifs is 1. The summed E-state index contributed by atoms with van der Waals surface area (Å²) in [7, 11) is 0. The maximum absolute atomic E-state index is 13.3. The molecule has 2 saturated heterocycles. The van der Waals surface area contributed by atoms with E-state index in [2.05, 4.69) is 49.0 Å². The molecule has 0 atom stereocenters. The predicted molar refractivity (Wildman–Crippen MR) is 114 cm³/mol. The van der Waals surface area contributed by atoms with Crippen molar-refractivity contribution in [1.29, 1.82) is 0 Å². The average Bonchev–Trinajstić information content (AvgIpc) is 3.28. The van der Waals surface area contributed by atoms with E-state index in [4.69, 9.17) is 0 Å². The largest absolute Gasteiger partial charge is 0.361 e. The molecule has 6 nitrogen and oxygen atoms in total. The highest BCUT2D eigenvalue weighted by atomic mass is 16.2. The van der Waals surface area contributed by atoms with Crippen LogP contribution in [0.4, 0.5) is 5.95 Å². The lowest BCUT2D eigenvalue weighted by atomic mass is 9.77. The van der Waals surface area contributed by atoms with Gasteiger partial charge in [-0.25, -0.2) is 9.97 Å². The zero-order chi connectivity index (χ0) is 20.0. The van der Waals surface area contributed by atoms with Gasteiger partial charge in [0.2, 0.25) is 11.9 Å². The fraction of sp³-hybridized carbons (Fsp3) is 0.435. The molecule has 5 rings (SSSR count). The first-order chi connectivity index (χ1) is 14.0. The molecule has 0 saturated carbocycles. The van der Waals surface area contributed by atoms with Crippen molar-refractivity contribution in [3.05, 3.63) is 53.5 Å². The molecule has 1 aromatic carbocycles. The lowest BCUT2D eigenvalue weighted by molar-refractivity contribution is -0.137. The quantitative estimate of drug-likeness (QED) is 0.743. The zero-order valence-corrected chi connectivity index (χ0v) is 17.1. The number of piperidine rings is 1. The molecule has 0 radical (unpaired) electrons. The van der Waals surface area contributed by atoms with Crippen LogP contribution in [0.15, 0.2) is 36.5 Å². The Morgan fingerprint density at radius 2 is 1.72 bits per heavy atom. The van der Waals surface area contributed by atoms with Gasteiger partial charge in [0.05, 0.1) is 5.41 Å².